The summed E-state index contributed by atoms with van der Waals surface area (Å²) in [6.45, 7) is 2.08. The molecule has 26 heavy (non-hydrogen) atoms. The molecule has 0 saturated carbocycles. The summed E-state index contributed by atoms with van der Waals surface area (Å²) in [5, 5.41) is 7.84. The van der Waals surface area contributed by atoms with Gasteiger partial charge in [0.15, 0.2) is 5.13 Å². The van der Waals surface area contributed by atoms with Gasteiger partial charge < -0.3 is 9.73 Å². The third kappa shape index (κ3) is 4.43. The van der Waals surface area contributed by atoms with Crippen LogP contribution in [0.2, 0.25) is 10.0 Å². The molecule has 0 aliphatic carbocycles. The zero-order chi connectivity index (χ0) is 18.7. The summed E-state index contributed by atoms with van der Waals surface area (Å²) in [5.74, 6) is 0.630. The molecule has 0 bridgehead atoms. The molecule has 1 aromatic carbocycles. The number of aryl methyl sites for hydroxylation is 1. The van der Waals surface area contributed by atoms with Gasteiger partial charge in [-0.2, -0.15) is 0 Å². The average Bonchev–Trinajstić information content (AvgIpc) is 3.21. The number of nitrogens with one attached hydrogen (secondary N) is 2. The summed E-state index contributed by atoms with van der Waals surface area (Å²) in [7, 11) is 0. The van der Waals surface area contributed by atoms with Crippen molar-refractivity contribution in [3.05, 3.63) is 68.5 Å². The Hall–Kier alpha value is -2.35. The predicted molar refractivity (Wildman–Crippen MR) is 101 cm³/mol. The molecule has 0 aliphatic rings. The van der Waals surface area contributed by atoms with Gasteiger partial charge in [0.1, 0.15) is 17.2 Å². The molecule has 0 fully saturated rings. The smallest absolute Gasteiger partial charge is 0.271 e. The van der Waals surface area contributed by atoms with E-state index in [1.807, 2.05) is 13.0 Å². The molecule has 2 amide bonds. The molecule has 134 valence electrons. The fourth-order valence-electron chi connectivity index (χ4n) is 2.11. The van der Waals surface area contributed by atoms with E-state index < -0.39 is 5.91 Å². The highest BCUT2D eigenvalue weighted by molar-refractivity contribution is 7.14. The molecule has 3 rings (SSSR count). The number of nitrogens with zero attached hydrogens (tertiary/aromatic N) is 1. The molecular weight excluding hydrogens is 397 g/mol. The average molecular weight is 410 g/mol. The molecular formula is C17H13Cl2N3O3S. The number of halogens is 2. The Morgan fingerprint density at radius 2 is 2.00 bits per heavy atom. The quantitative estimate of drug-likeness (QED) is 0.647. The van der Waals surface area contributed by atoms with Crippen LogP contribution in [0.25, 0.3) is 0 Å². The van der Waals surface area contributed by atoms with E-state index in [0.717, 1.165) is 17.1 Å². The zero-order valence-electron chi connectivity index (χ0n) is 13.5. The third-order valence-electron chi connectivity index (χ3n) is 3.35. The third-order valence-corrected chi connectivity index (χ3v) is 4.66. The van der Waals surface area contributed by atoms with E-state index in [-0.39, 0.29) is 28.7 Å². The molecule has 0 aliphatic heterocycles. The lowest BCUT2D eigenvalue weighted by molar-refractivity contribution is 0.0942. The van der Waals surface area contributed by atoms with Crippen LogP contribution < -0.4 is 10.6 Å². The van der Waals surface area contributed by atoms with Gasteiger partial charge in [-0.3, -0.25) is 14.9 Å². The van der Waals surface area contributed by atoms with Gasteiger partial charge in [-0.25, -0.2) is 4.98 Å². The van der Waals surface area contributed by atoms with Crippen molar-refractivity contribution >= 4 is 51.5 Å². The van der Waals surface area contributed by atoms with Crippen LogP contribution in [0.5, 0.6) is 0 Å². The van der Waals surface area contributed by atoms with Gasteiger partial charge in [0, 0.05) is 10.4 Å². The number of anilines is 1. The second-order valence-corrected chi connectivity index (χ2v) is 7.01. The van der Waals surface area contributed by atoms with Crippen LogP contribution in [0.15, 0.2) is 40.1 Å². The first-order valence-electron chi connectivity index (χ1n) is 7.48. The highest BCUT2D eigenvalue weighted by Crippen LogP contribution is 2.23. The van der Waals surface area contributed by atoms with Crippen LogP contribution in [-0.4, -0.2) is 16.8 Å². The van der Waals surface area contributed by atoms with Crippen LogP contribution in [0.1, 0.15) is 32.4 Å². The van der Waals surface area contributed by atoms with Crippen LogP contribution >= 0.6 is 34.5 Å². The van der Waals surface area contributed by atoms with E-state index in [9.17, 15) is 9.59 Å². The summed E-state index contributed by atoms with van der Waals surface area (Å²) in [4.78, 5) is 28.5. The first-order valence-corrected chi connectivity index (χ1v) is 9.11. The highest BCUT2D eigenvalue weighted by Gasteiger charge is 2.15. The van der Waals surface area contributed by atoms with Gasteiger partial charge in [-0.05, 0) is 37.3 Å². The summed E-state index contributed by atoms with van der Waals surface area (Å²) in [5.41, 5.74) is 0.473. The van der Waals surface area contributed by atoms with Crippen molar-refractivity contribution in [2.24, 2.45) is 0 Å². The van der Waals surface area contributed by atoms with Crippen molar-refractivity contribution in [3.63, 3.8) is 0 Å². The number of carbonyl (C=O) groups excluding carboxylic acids is 2. The fraction of sp³-hybridized carbons (Fsp3) is 0.118. The topological polar surface area (TPSA) is 84.2 Å². The monoisotopic (exact) mass is 409 g/mol. The van der Waals surface area contributed by atoms with Gasteiger partial charge in [-0.15, -0.1) is 11.3 Å². The Labute approximate surface area is 163 Å². The van der Waals surface area contributed by atoms with Crippen molar-refractivity contribution in [1.82, 2.24) is 10.3 Å². The highest BCUT2D eigenvalue weighted by atomic mass is 35.5. The van der Waals surface area contributed by atoms with E-state index in [1.165, 1.54) is 12.1 Å². The van der Waals surface area contributed by atoms with Crippen molar-refractivity contribution in [1.29, 1.82) is 0 Å². The fourth-order valence-corrected chi connectivity index (χ4v) is 3.29. The Morgan fingerprint density at radius 3 is 2.69 bits per heavy atom. The number of hydrogen-bond donors (Lipinski definition) is 2. The van der Waals surface area contributed by atoms with E-state index in [0.29, 0.717) is 15.9 Å². The zero-order valence-corrected chi connectivity index (χ0v) is 15.8. The molecule has 0 atom stereocenters. The number of hydrogen-bond acceptors (Lipinski definition) is 5. The molecule has 0 spiro atoms. The van der Waals surface area contributed by atoms with Gasteiger partial charge in [0.2, 0.25) is 0 Å². The lowest BCUT2D eigenvalue weighted by Gasteiger charge is -2.04. The lowest BCUT2D eigenvalue weighted by Crippen LogP contribution is -2.23. The predicted octanol–water partition coefficient (Wildman–Crippen LogP) is 4.53. The van der Waals surface area contributed by atoms with Crippen LogP contribution in [0.3, 0.4) is 0 Å². The molecule has 0 saturated heterocycles. The molecule has 2 heterocycles. The van der Waals surface area contributed by atoms with Gasteiger partial charge in [-0.1, -0.05) is 23.2 Å². The van der Waals surface area contributed by atoms with E-state index in [1.54, 1.807) is 17.5 Å². The van der Waals surface area contributed by atoms with Crippen molar-refractivity contribution in [2.45, 2.75) is 13.5 Å². The molecule has 0 unspecified atom stereocenters. The maximum atomic E-state index is 12.3. The first kappa shape index (κ1) is 18.4. The maximum absolute atomic E-state index is 12.3. The Bertz CT molecular complexity index is 968. The largest absolute Gasteiger partial charge is 0.465 e. The van der Waals surface area contributed by atoms with Crippen LogP contribution in [-0.2, 0) is 6.54 Å². The molecule has 9 heteroatoms. The number of amides is 2. The number of rotatable bonds is 5. The second kappa shape index (κ2) is 7.90. The Balaban J connectivity index is 1.61. The first-order chi connectivity index (χ1) is 12.4. The summed E-state index contributed by atoms with van der Waals surface area (Å²) < 4.78 is 5.38. The van der Waals surface area contributed by atoms with E-state index >= 15 is 0 Å². The van der Waals surface area contributed by atoms with Gasteiger partial charge >= 0.3 is 0 Å². The van der Waals surface area contributed by atoms with E-state index in [2.05, 4.69) is 15.6 Å². The number of benzene rings is 1. The molecule has 3 aromatic rings. The summed E-state index contributed by atoms with van der Waals surface area (Å²) >= 11 is 13.0. The summed E-state index contributed by atoms with van der Waals surface area (Å²) in [6.07, 6.45) is 0. The van der Waals surface area contributed by atoms with Crippen molar-refractivity contribution < 1.29 is 14.0 Å². The Kier molecular flexibility index (Phi) is 5.61. The number of carbonyl (C=O) groups is 2. The molecule has 0 radical (unpaired) electrons. The maximum Gasteiger partial charge on any atom is 0.271 e. The second-order valence-electron chi connectivity index (χ2n) is 5.31. The minimum Gasteiger partial charge on any atom is -0.465 e. The number of aromatic nitrogens is 1. The lowest BCUT2D eigenvalue weighted by atomic mass is 10.2. The van der Waals surface area contributed by atoms with Gasteiger partial charge in [0.05, 0.1) is 17.1 Å². The van der Waals surface area contributed by atoms with Crippen molar-refractivity contribution in [3.8, 4) is 0 Å². The minimum atomic E-state index is -0.431. The molecule has 2 aromatic heterocycles. The summed E-state index contributed by atoms with van der Waals surface area (Å²) in [6, 6.07) is 8.18. The van der Waals surface area contributed by atoms with Gasteiger partial charge in [0.25, 0.3) is 11.8 Å². The van der Waals surface area contributed by atoms with Crippen LogP contribution in [0, 0.1) is 6.92 Å². The SMILES string of the molecule is Cc1ccc(CNC(=O)c2csc(NC(=O)c3ccc(Cl)cc3Cl)n2)o1. The minimum absolute atomic E-state index is 0.204. The van der Waals surface area contributed by atoms with E-state index in [4.69, 9.17) is 27.6 Å². The molecule has 2 N–H and O–H groups in total. The molecule has 6 nitrogen and oxygen atoms in total. The standard InChI is InChI=1S/C17H13Cl2N3O3S/c1-9-2-4-11(25-9)7-20-16(24)14-8-26-17(21-14)22-15(23)12-5-3-10(18)6-13(12)19/h2-6,8H,7H2,1H3,(H,20,24)(H,21,22,23). The number of thiazole rings is 1. The Morgan fingerprint density at radius 1 is 1.19 bits per heavy atom. The van der Waals surface area contributed by atoms with Crippen LogP contribution in [0.4, 0.5) is 5.13 Å². The normalized spacial score (nSPS) is 10.6. The van der Waals surface area contributed by atoms with Crippen molar-refractivity contribution in [2.75, 3.05) is 5.32 Å². The number of furan rings is 1.